The Bertz CT molecular complexity index is 589. The molecule has 1 aromatic rings. The van der Waals surface area contributed by atoms with Crippen molar-refractivity contribution in [2.45, 2.75) is 45.1 Å². The maximum absolute atomic E-state index is 12.5. The van der Waals surface area contributed by atoms with E-state index in [1.165, 1.54) is 5.56 Å². The van der Waals surface area contributed by atoms with Crippen molar-refractivity contribution in [2.75, 3.05) is 33.2 Å². The average Bonchev–Trinajstić information content (AvgIpc) is 2.65. The molecular formula is C20H31BrF2N4. The molecule has 1 aliphatic rings. The molecule has 1 atom stereocenters. The number of hydrogen-bond donors (Lipinski definition) is 2. The van der Waals surface area contributed by atoms with E-state index >= 15 is 0 Å². The molecule has 0 saturated carbocycles. The molecule has 0 bridgehead atoms. The van der Waals surface area contributed by atoms with Crippen molar-refractivity contribution in [3.8, 4) is 0 Å². The van der Waals surface area contributed by atoms with Gasteiger partial charge in [0.25, 0.3) is 6.43 Å². The van der Waals surface area contributed by atoms with Crippen LogP contribution in [0.5, 0.6) is 0 Å². The number of hydrogen-bond acceptors (Lipinski definition) is 2. The molecule has 1 fully saturated rings. The van der Waals surface area contributed by atoms with Crippen molar-refractivity contribution in [3.63, 3.8) is 0 Å². The van der Waals surface area contributed by atoms with Crippen LogP contribution >= 0.6 is 15.9 Å². The predicted octanol–water partition coefficient (Wildman–Crippen LogP) is 3.91. The largest absolute Gasteiger partial charge is 0.356 e. The molecule has 1 aromatic carbocycles. The van der Waals surface area contributed by atoms with Crippen molar-refractivity contribution in [1.82, 2.24) is 15.5 Å². The lowest BCUT2D eigenvalue weighted by Gasteiger charge is -2.33. The van der Waals surface area contributed by atoms with Crippen LogP contribution in [0.1, 0.15) is 31.7 Å². The Balaban J connectivity index is 1.76. The van der Waals surface area contributed by atoms with Gasteiger partial charge in [-0.05, 0) is 42.9 Å². The Morgan fingerprint density at radius 3 is 2.67 bits per heavy atom. The Labute approximate surface area is 169 Å². The molecule has 1 unspecified atom stereocenters. The third-order valence-electron chi connectivity index (χ3n) is 5.10. The van der Waals surface area contributed by atoms with Gasteiger partial charge in [-0.3, -0.25) is 9.89 Å². The van der Waals surface area contributed by atoms with E-state index in [9.17, 15) is 8.78 Å². The summed E-state index contributed by atoms with van der Waals surface area (Å²) in [7, 11) is 1.77. The number of nitrogens with one attached hydrogen (secondary N) is 2. The molecule has 1 aliphatic heterocycles. The van der Waals surface area contributed by atoms with E-state index in [0.29, 0.717) is 19.0 Å². The van der Waals surface area contributed by atoms with E-state index in [1.807, 2.05) is 11.0 Å². The second-order valence-corrected chi connectivity index (χ2v) is 8.09. The van der Waals surface area contributed by atoms with Gasteiger partial charge in [-0.25, -0.2) is 8.78 Å². The van der Waals surface area contributed by atoms with E-state index in [2.05, 4.69) is 56.7 Å². The summed E-state index contributed by atoms with van der Waals surface area (Å²) in [5, 5.41) is 6.89. The maximum atomic E-state index is 12.5. The first-order valence-electron chi connectivity index (χ1n) is 9.72. The van der Waals surface area contributed by atoms with E-state index in [1.54, 1.807) is 7.05 Å². The average molecular weight is 445 g/mol. The van der Waals surface area contributed by atoms with Gasteiger partial charge in [-0.1, -0.05) is 41.4 Å². The summed E-state index contributed by atoms with van der Waals surface area (Å²) in [6, 6.07) is 8.73. The van der Waals surface area contributed by atoms with Crippen molar-refractivity contribution in [2.24, 2.45) is 10.9 Å². The number of benzene rings is 1. The summed E-state index contributed by atoms with van der Waals surface area (Å²) in [6.07, 6.45) is 1.58. The number of piperidine rings is 1. The van der Waals surface area contributed by atoms with Crippen LogP contribution in [0.3, 0.4) is 0 Å². The standard InChI is InChI=1S/C20H31BrF2N4/c1-3-15(11-16-5-4-6-17(21)12-16)13-25-20(24-2)26-18-7-9-27(10-8-18)14-19(22)23/h4-6,12,15,18-19H,3,7-11,13-14H2,1-2H3,(H2,24,25,26). The van der Waals surface area contributed by atoms with Crippen molar-refractivity contribution < 1.29 is 8.78 Å². The van der Waals surface area contributed by atoms with Gasteiger partial charge in [-0.15, -0.1) is 0 Å². The smallest absolute Gasteiger partial charge is 0.251 e. The molecule has 0 amide bonds. The van der Waals surface area contributed by atoms with Gasteiger partial charge < -0.3 is 10.6 Å². The second kappa shape index (κ2) is 11.6. The normalized spacial score (nSPS) is 17.9. The van der Waals surface area contributed by atoms with Gasteiger partial charge in [0.05, 0.1) is 6.54 Å². The SMILES string of the molecule is CCC(CNC(=NC)NC1CCN(CC(F)F)CC1)Cc1cccc(Br)c1. The Morgan fingerprint density at radius 2 is 2.07 bits per heavy atom. The Hall–Kier alpha value is -1.21. The maximum Gasteiger partial charge on any atom is 0.251 e. The third-order valence-corrected chi connectivity index (χ3v) is 5.59. The number of alkyl halides is 2. The molecule has 27 heavy (non-hydrogen) atoms. The van der Waals surface area contributed by atoms with E-state index in [4.69, 9.17) is 0 Å². The topological polar surface area (TPSA) is 39.7 Å². The van der Waals surface area contributed by atoms with E-state index in [-0.39, 0.29) is 12.6 Å². The van der Waals surface area contributed by atoms with Gasteiger partial charge in [0.1, 0.15) is 0 Å². The molecule has 0 aromatic heterocycles. The number of guanidine groups is 1. The first-order valence-corrected chi connectivity index (χ1v) is 10.5. The first-order chi connectivity index (χ1) is 13.0. The molecule has 2 rings (SSSR count). The second-order valence-electron chi connectivity index (χ2n) is 7.17. The van der Waals surface area contributed by atoms with Crippen LogP contribution in [0, 0.1) is 5.92 Å². The van der Waals surface area contributed by atoms with Gasteiger partial charge in [-0.2, -0.15) is 0 Å². The van der Waals surface area contributed by atoms with Crippen molar-refractivity contribution in [1.29, 1.82) is 0 Å². The lowest BCUT2D eigenvalue weighted by molar-refractivity contribution is 0.0744. The molecule has 4 nitrogen and oxygen atoms in total. The fourth-order valence-electron chi connectivity index (χ4n) is 3.44. The van der Waals surface area contributed by atoms with Crippen LogP contribution in [0.25, 0.3) is 0 Å². The molecule has 152 valence electrons. The highest BCUT2D eigenvalue weighted by atomic mass is 79.9. The van der Waals surface area contributed by atoms with E-state index in [0.717, 1.165) is 42.7 Å². The van der Waals surface area contributed by atoms with Crippen molar-refractivity contribution in [3.05, 3.63) is 34.3 Å². The van der Waals surface area contributed by atoms with Crippen LogP contribution in [0.2, 0.25) is 0 Å². The van der Waals surface area contributed by atoms with Gasteiger partial charge >= 0.3 is 0 Å². The Morgan fingerprint density at radius 1 is 1.33 bits per heavy atom. The molecule has 1 heterocycles. The predicted molar refractivity (Wildman–Crippen MR) is 112 cm³/mol. The number of rotatable bonds is 8. The molecule has 0 spiro atoms. The van der Waals surface area contributed by atoms with Gasteiger partial charge in [0, 0.05) is 37.2 Å². The lowest BCUT2D eigenvalue weighted by Crippen LogP contribution is -2.50. The van der Waals surface area contributed by atoms with E-state index < -0.39 is 6.43 Å². The number of nitrogens with zero attached hydrogens (tertiary/aromatic N) is 2. The number of halogens is 3. The zero-order valence-electron chi connectivity index (χ0n) is 16.2. The fraction of sp³-hybridized carbons (Fsp3) is 0.650. The minimum Gasteiger partial charge on any atom is -0.356 e. The molecule has 0 aliphatic carbocycles. The lowest BCUT2D eigenvalue weighted by atomic mass is 9.97. The minimum absolute atomic E-state index is 0.118. The third kappa shape index (κ3) is 8.13. The van der Waals surface area contributed by atoms with Crippen LogP contribution in [0.4, 0.5) is 8.78 Å². The summed E-state index contributed by atoms with van der Waals surface area (Å²) >= 11 is 3.53. The Kier molecular flexibility index (Phi) is 9.48. The monoisotopic (exact) mass is 444 g/mol. The highest BCUT2D eigenvalue weighted by molar-refractivity contribution is 9.10. The quantitative estimate of drug-likeness (QED) is 0.471. The van der Waals surface area contributed by atoms with Crippen LogP contribution in [0.15, 0.2) is 33.7 Å². The van der Waals surface area contributed by atoms with Crippen molar-refractivity contribution >= 4 is 21.9 Å². The molecular weight excluding hydrogens is 414 g/mol. The zero-order valence-corrected chi connectivity index (χ0v) is 17.8. The summed E-state index contributed by atoms with van der Waals surface area (Å²) in [5.74, 6) is 1.32. The number of likely N-dealkylation sites (tertiary alicyclic amines) is 1. The summed E-state index contributed by atoms with van der Waals surface area (Å²) in [6.45, 7) is 4.36. The molecule has 2 N–H and O–H groups in total. The summed E-state index contributed by atoms with van der Waals surface area (Å²) in [4.78, 5) is 6.17. The minimum atomic E-state index is -2.25. The zero-order chi connectivity index (χ0) is 19.6. The highest BCUT2D eigenvalue weighted by Crippen LogP contribution is 2.17. The fourth-order valence-corrected chi connectivity index (χ4v) is 3.89. The molecule has 1 saturated heterocycles. The summed E-state index contributed by atoms with van der Waals surface area (Å²) in [5.41, 5.74) is 1.33. The van der Waals surface area contributed by atoms with Crippen LogP contribution < -0.4 is 10.6 Å². The van der Waals surface area contributed by atoms with Crippen LogP contribution in [-0.4, -0.2) is 56.6 Å². The summed E-state index contributed by atoms with van der Waals surface area (Å²) < 4.78 is 26.1. The number of aliphatic imine (C=N–C) groups is 1. The van der Waals surface area contributed by atoms with Crippen LogP contribution in [-0.2, 0) is 6.42 Å². The molecule has 7 heteroatoms. The highest BCUT2D eigenvalue weighted by Gasteiger charge is 2.22. The first kappa shape index (κ1) is 22.1. The van der Waals surface area contributed by atoms with Gasteiger partial charge in [0.15, 0.2) is 5.96 Å². The van der Waals surface area contributed by atoms with Gasteiger partial charge in [0.2, 0.25) is 0 Å². The molecule has 0 radical (unpaired) electrons.